The molecule has 0 aliphatic carbocycles. The number of hydrogen-bond acceptors (Lipinski definition) is 4. The lowest BCUT2D eigenvalue weighted by Gasteiger charge is -2.09. The van der Waals surface area contributed by atoms with E-state index < -0.39 is 0 Å². The van der Waals surface area contributed by atoms with Crippen LogP contribution in [-0.2, 0) is 4.74 Å². The van der Waals surface area contributed by atoms with Crippen LogP contribution in [0.25, 0.3) is 0 Å². The molecule has 0 N–H and O–H groups in total. The average Bonchev–Trinajstić information content (AvgIpc) is 2.72. The first kappa shape index (κ1) is 9.15. The summed E-state index contributed by atoms with van der Waals surface area (Å²) in [5, 5.41) is 0. The molecule has 0 bridgehead atoms. The van der Waals surface area contributed by atoms with Crippen LogP contribution in [0.5, 0.6) is 5.88 Å². The molecule has 74 valence electrons. The first-order valence-corrected chi connectivity index (χ1v) is 4.54. The highest BCUT2D eigenvalue weighted by molar-refractivity contribution is 5.73. The van der Waals surface area contributed by atoms with Crippen molar-refractivity contribution in [2.45, 2.75) is 12.5 Å². The number of ether oxygens (including phenoxy) is 2. The van der Waals surface area contributed by atoms with E-state index in [-0.39, 0.29) is 6.10 Å². The van der Waals surface area contributed by atoms with Crippen LogP contribution in [0.15, 0.2) is 18.3 Å². The molecule has 1 fully saturated rings. The monoisotopic (exact) mass is 193 g/mol. The van der Waals surface area contributed by atoms with Gasteiger partial charge in [0.25, 0.3) is 0 Å². The predicted octanol–water partition coefficient (Wildman–Crippen LogP) is 1.06. The molecule has 2 rings (SSSR count). The number of hydrogen-bond donors (Lipinski definition) is 0. The highest BCUT2D eigenvalue weighted by Crippen LogP contribution is 2.13. The first-order valence-electron chi connectivity index (χ1n) is 4.54. The molecule has 2 heterocycles. The third kappa shape index (κ3) is 2.09. The molecule has 1 aromatic rings. The second-order valence-electron chi connectivity index (χ2n) is 3.15. The average molecular weight is 193 g/mol. The number of carbonyl (C=O) groups excluding carboxylic acids is 1. The normalized spacial score (nSPS) is 20.7. The van der Waals surface area contributed by atoms with E-state index in [1.807, 2.05) is 0 Å². The van der Waals surface area contributed by atoms with Crippen LogP contribution < -0.4 is 4.74 Å². The van der Waals surface area contributed by atoms with Gasteiger partial charge in [-0.2, -0.15) is 0 Å². The standard InChI is InChI=1S/C10H11NO3/c12-6-8-1-2-10(11-5-8)14-9-3-4-13-7-9/h1-2,5-6,9H,3-4,7H2. The van der Waals surface area contributed by atoms with E-state index in [0.717, 1.165) is 19.3 Å². The number of pyridine rings is 1. The van der Waals surface area contributed by atoms with Crippen molar-refractivity contribution in [1.29, 1.82) is 0 Å². The molecule has 0 spiro atoms. The van der Waals surface area contributed by atoms with E-state index in [4.69, 9.17) is 9.47 Å². The van der Waals surface area contributed by atoms with Gasteiger partial charge in [0.2, 0.25) is 5.88 Å². The molecular formula is C10H11NO3. The number of carbonyl (C=O) groups is 1. The Morgan fingerprint density at radius 3 is 3.07 bits per heavy atom. The van der Waals surface area contributed by atoms with Gasteiger partial charge in [-0.1, -0.05) is 0 Å². The van der Waals surface area contributed by atoms with Gasteiger partial charge in [-0.3, -0.25) is 4.79 Å². The SMILES string of the molecule is O=Cc1ccc(OC2CCOC2)nc1. The Bertz CT molecular complexity index is 304. The zero-order chi connectivity index (χ0) is 9.80. The Balaban J connectivity index is 1.98. The van der Waals surface area contributed by atoms with Gasteiger partial charge in [-0.25, -0.2) is 4.98 Å². The van der Waals surface area contributed by atoms with Crippen molar-refractivity contribution >= 4 is 6.29 Å². The summed E-state index contributed by atoms with van der Waals surface area (Å²) in [6.45, 7) is 1.37. The minimum Gasteiger partial charge on any atom is -0.472 e. The van der Waals surface area contributed by atoms with E-state index in [9.17, 15) is 4.79 Å². The van der Waals surface area contributed by atoms with Crippen molar-refractivity contribution < 1.29 is 14.3 Å². The number of nitrogens with zero attached hydrogens (tertiary/aromatic N) is 1. The van der Waals surface area contributed by atoms with Crippen LogP contribution in [-0.4, -0.2) is 30.6 Å². The Morgan fingerprint density at radius 1 is 1.57 bits per heavy atom. The molecule has 1 saturated heterocycles. The van der Waals surface area contributed by atoms with Crippen LogP contribution in [0.2, 0.25) is 0 Å². The molecule has 4 nitrogen and oxygen atoms in total. The van der Waals surface area contributed by atoms with Crippen LogP contribution in [0, 0.1) is 0 Å². The summed E-state index contributed by atoms with van der Waals surface area (Å²) in [5.41, 5.74) is 0.556. The molecule has 14 heavy (non-hydrogen) atoms. The molecule has 0 radical (unpaired) electrons. The summed E-state index contributed by atoms with van der Waals surface area (Å²) in [4.78, 5) is 14.4. The quantitative estimate of drug-likeness (QED) is 0.673. The molecule has 1 unspecified atom stereocenters. The van der Waals surface area contributed by atoms with Crippen molar-refractivity contribution in [3.8, 4) is 5.88 Å². The van der Waals surface area contributed by atoms with Gasteiger partial charge in [-0.15, -0.1) is 0 Å². The molecule has 0 saturated carbocycles. The van der Waals surface area contributed by atoms with E-state index in [0.29, 0.717) is 18.1 Å². The maximum Gasteiger partial charge on any atom is 0.213 e. The van der Waals surface area contributed by atoms with Crippen molar-refractivity contribution in [1.82, 2.24) is 4.98 Å². The molecule has 1 atom stereocenters. The second kappa shape index (κ2) is 4.19. The van der Waals surface area contributed by atoms with E-state index in [2.05, 4.69) is 4.98 Å². The topological polar surface area (TPSA) is 48.4 Å². The Kier molecular flexibility index (Phi) is 2.74. The lowest BCUT2D eigenvalue weighted by molar-refractivity contribution is 0.112. The van der Waals surface area contributed by atoms with Gasteiger partial charge in [0.1, 0.15) is 6.10 Å². The zero-order valence-electron chi connectivity index (χ0n) is 7.68. The predicted molar refractivity (Wildman–Crippen MR) is 49.5 cm³/mol. The summed E-state index contributed by atoms with van der Waals surface area (Å²) in [7, 11) is 0. The van der Waals surface area contributed by atoms with E-state index in [1.165, 1.54) is 6.20 Å². The van der Waals surface area contributed by atoms with Gasteiger partial charge >= 0.3 is 0 Å². The first-order chi connectivity index (χ1) is 6.88. The molecule has 1 aromatic heterocycles. The van der Waals surface area contributed by atoms with E-state index >= 15 is 0 Å². The smallest absolute Gasteiger partial charge is 0.213 e. The summed E-state index contributed by atoms with van der Waals surface area (Å²) >= 11 is 0. The van der Waals surface area contributed by atoms with Gasteiger partial charge in [0.05, 0.1) is 13.2 Å². The molecule has 1 aliphatic heterocycles. The lowest BCUT2D eigenvalue weighted by Crippen LogP contribution is -2.16. The van der Waals surface area contributed by atoms with Gasteiger partial charge in [-0.05, 0) is 6.07 Å². The van der Waals surface area contributed by atoms with Crippen molar-refractivity contribution in [2.24, 2.45) is 0 Å². The molecule has 0 amide bonds. The number of rotatable bonds is 3. The van der Waals surface area contributed by atoms with E-state index in [1.54, 1.807) is 12.1 Å². The zero-order valence-corrected chi connectivity index (χ0v) is 7.68. The minimum atomic E-state index is 0.101. The highest BCUT2D eigenvalue weighted by Gasteiger charge is 2.17. The summed E-state index contributed by atoms with van der Waals surface area (Å²) in [5.74, 6) is 0.547. The van der Waals surface area contributed by atoms with Crippen molar-refractivity contribution in [3.63, 3.8) is 0 Å². The van der Waals surface area contributed by atoms with Gasteiger partial charge < -0.3 is 9.47 Å². The fourth-order valence-electron chi connectivity index (χ4n) is 1.31. The Labute approximate surface area is 81.9 Å². The van der Waals surface area contributed by atoms with Crippen molar-refractivity contribution in [3.05, 3.63) is 23.9 Å². The van der Waals surface area contributed by atoms with Gasteiger partial charge in [0, 0.05) is 24.2 Å². The molecular weight excluding hydrogens is 182 g/mol. The van der Waals surface area contributed by atoms with Crippen LogP contribution >= 0.6 is 0 Å². The van der Waals surface area contributed by atoms with Crippen molar-refractivity contribution in [2.75, 3.05) is 13.2 Å². The minimum absolute atomic E-state index is 0.101. The highest BCUT2D eigenvalue weighted by atomic mass is 16.5. The van der Waals surface area contributed by atoms with Gasteiger partial charge in [0.15, 0.2) is 6.29 Å². The Hall–Kier alpha value is -1.42. The third-order valence-corrected chi connectivity index (χ3v) is 2.07. The van der Waals surface area contributed by atoms with Crippen LogP contribution in [0.4, 0.5) is 0 Å². The lowest BCUT2D eigenvalue weighted by atomic mass is 10.3. The molecule has 4 heteroatoms. The summed E-state index contributed by atoms with van der Waals surface area (Å²) in [6.07, 6.45) is 3.26. The maximum atomic E-state index is 10.4. The fourth-order valence-corrected chi connectivity index (χ4v) is 1.31. The number of aromatic nitrogens is 1. The maximum absolute atomic E-state index is 10.4. The van der Waals surface area contributed by atoms with Crippen LogP contribution in [0.1, 0.15) is 16.8 Å². The Morgan fingerprint density at radius 2 is 2.50 bits per heavy atom. The fraction of sp³-hybridized carbons (Fsp3) is 0.400. The largest absolute Gasteiger partial charge is 0.472 e. The third-order valence-electron chi connectivity index (χ3n) is 2.07. The molecule has 1 aliphatic rings. The second-order valence-corrected chi connectivity index (χ2v) is 3.15. The summed E-state index contributed by atoms with van der Waals surface area (Å²) in [6, 6.07) is 3.38. The van der Waals surface area contributed by atoms with Crippen LogP contribution in [0.3, 0.4) is 0 Å². The summed E-state index contributed by atoms with van der Waals surface area (Å²) < 4.78 is 10.7. The number of aldehydes is 1. The molecule has 0 aromatic carbocycles.